The molecule has 190 valence electrons. The van der Waals surface area contributed by atoms with Gasteiger partial charge in [0.1, 0.15) is 5.82 Å². The summed E-state index contributed by atoms with van der Waals surface area (Å²) in [4.78, 5) is 37.7. The third kappa shape index (κ3) is 5.11. The molecule has 2 aromatic carbocycles. The zero-order valence-corrected chi connectivity index (χ0v) is 21.2. The van der Waals surface area contributed by atoms with Gasteiger partial charge in [0.15, 0.2) is 0 Å². The Morgan fingerprint density at radius 3 is 2.70 bits per heavy atom. The number of piperidine rings is 1. The van der Waals surface area contributed by atoms with Gasteiger partial charge in [-0.05, 0) is 43.0 Å². The van der Waals surface area contributed by atoms with E-state index >= 15 is 0 Å². The fourth-order valence-corrected chi connectivity index (χ4v) is 5.08. The van der Waals surface area contributed by atoms with Gasteiger partial charge in [0, 0.05) is 44.2 Å². The molecule has 1 fully saturated rings. The van der Waals surface area contributed by atoms with Gasteiger partial charge in [0.05, 0.1) is 35.8 Å². The van der Waals surface area contributed by atoms with E-state index in [1.807, 2.05) is 71.2 Å². The highest BCUT2D eigenvalue weighted by molar-refractivity contribution is 6.06. The first kappa shape index (κ1) is 24.6. The third-order valence-electron chi connectivity index (χ3n) is 6.89. The molecule has 3 heterocycles. The topological polar surface area (TPSA) is 89.3 Å². The Bertz CT molecular complexity index is 1400. The van der Waals surface area contributed by atoms with Crippen molar-refractivity contribution in [1.29, 1.82) is 0 Å². The lowest BCUT2D eigenvalue weighted by atomic mass is 9.95. The average Bonchev–Trinajstić information content (AvgIpc) is 3.28. The van der Waals surface area contributed by atoms with Gasteiger partial charge in [-0.1, -0.05) is 36.4 Å². The predicted octanol–water partition coefficient (Wildman–Crippen LogP) is 4.98. The number of aryl methyl sites for hydroxylation is 1. The quantitative estimate of drug-likeness (QED) is 0.389. The predicted molar refractivity (Wildman–Crippen MR) is 143 cm³/mol. The smallest absolute Gasteiger partial charge is 0.254 e. The van der Waals surface area contributed by atoms with Crippen LogP contribution in [0.4, 0.5) is 5.69 Å². The van der Waals surface area contributed by atoms with Gasteiger partial charge in [0.2, 0.25) is 5.91 Å². The molecular formula is C29H31N5O3. The van der Waals surface area contributed by atoms with E-state index in [0.29, 0.717) is 29.9 Å². The van der Waals surface area contributed by atoms with E-state index in [4.69, 9.17) is 9.72 Å². The van der Waals surface area contributed by atoms with Crippen LogP contribution in [0.15, 0.2) is 67.0 Å². The van der Waals surface area contributed by atoms with E-state index in [2.05, 4.69) is 10.3 Å². The molecule has 1 atom stereocenters. The molecule has 2 amide bonds. The van der Waals surface area contributed by atoms with Crippen molar-refractivity contribution in [3.8, 4) is 11.4 Å². The van der Waals surface area contributed by atoms with Crippen LogP contribution in [-0.2, 0) is 16.6 Å². The Labute approximate surface area is 216 Å². The van der Waals surface area contributed by atoms with E-state index in [1.54, 1.807) is 19.4 Å². The van der Waals surface area contributed by atoms with Gasteiger partial charge in [-0.25, -0.2) is 4.98 Å². The number of pyridine rings is 1. The number of amides is 2. The van der Waals surface area contributed by atoms with Crippen molar-refractivity contribution < 1.29 is 14.3 Å². The second-order valence-electron chi connectivity index (χ2n) is 9.34. The number of aromatic nitrogens is 3. The summed E-state index contributed by atoms with van der Waals surface area (Å²) in [5.74, 6) is 0.509. The summed E-state index contributed by atoms with van der Waals surface area (Å²) >= 11 is 0. The van der Waals surface area contributed by atoms with Crippen LogP contribution in [0.2, 0.25) is 0 Å². The zero-order valence-electron chi connectivity index (χ0n) is 21.2. The molecular weight excluding hydrogens is 466 g/mol. The summed E-state index contributed by atoms with van der Waals surface area (Å²) in [5.41, 5.74) is 4.48. The number of nitrogens with one attached hydrogen (secondary N) is 1. The number of benzene rings is 2. The molecule has 1 N–H and O–H groups in total. The second kappa shape index (κ2) is 10.9. The molecule has 8 heteroatoms. The van der Waals surface area contributed by atoms with E-state index < -0.39 is 0 Å². The number of hydrogen-bond donors (Lipinski definition) is 1. The Balaban J connectivity index is 1.58. The fraction of sp³-hybridized carbons (Fsp3) is 0.310. The number of carbonyl (C=O) groups excluding carboxylic acids is 2. The highest BCUT2D eigenvalue weighted by atomic mass is 16.5. The number of hydrogen-bond acceptors (Lipinski definition) is 5. The van der Waals surface area contributed by atoms with E-state index in [0.717, 1.165) is 41.7 Å². The Hall–Kier alpha value is -4.04. The van der Waals surface area contributed by atoms with Crippen molar-refractivity contribution in [3.05, 3.63) is 78.1 Å². The summed E-state index contributed by atoms with van der Waals surface area (Å²) in [5, 5.41) is 3.01. The lowest BCUT2D eigenvalue weighted by Crippen LogP contribution is -2.38. The standard InChI is InChI=1S/C29H31N5O3/c1-33-27-23(31-26(35)13-16-37-2)17-22(18-24(27)32-28(33)20-9-4-3-5-10-20)29(36)34-15-7-6-12-25(34)21-11-8-14-30-19-21/h3-5,8-11,14,17-19,25H,6-7,12-13,15-16H2,1-2H3,(H,31,35)/t25-/m1/s1. The molecule has 1 saturated heterocycles. The molecule has 0 radical (unpaired) electrons. The molecule has 2 aromatic heterocycles. The number of likely N-dealkylation sites (tertiary alicyclic amines) is 1. The lowest BCUT2D eigenvalue weighted by molar-refractivity contribution is -0.117. The van der Waals surface area contributed by atoms with Crippen molar-refractivity contribution in [1.82, 2.24) is 19.4 Å². The van der Waals surface area contributed by atoms with Crippen molar-refractivity contribution in [2.75, 3.05) is 25.6 Å². The minimum Gasteiger partial charge on any atom is -0.384 e. The maximum Gasteiger partial charge on any atom is 0.254 e. The molecule has 37 heavy (non-hydrogen) atoms. The minimum atomic E-state index is -0.179. The van der Waals surface area contributed by atoms with E-state index in [9.17, 15) is 9.59 Å². The van der Waals surface area contributed by atoms with Crippen molar-refractivity contribution in [2.45, 2.75) is 31.7 Å². The molecule has 1 aliphatic rings. The Morgan fingerprint density at radius 1 is 1.11 bits per heavy atom. The summed E-state index contributed by atoms with van der Waals surface area (Å²) in [7, 11) is 3.49. The van der Waals surface area contributed by atoms with Crippen molar-refractivity contribution >= 4 is 28.5 Å². The SMILES string of the molecule is COCCC(=O)Nc1cc(C(=O)N2CCCC[C@@H]2c2cccnc2)cc2nc(-c3ccccc3)n(C)c12. The second-order valence-corrected chi connectivity index (χ2v) is 9.34. The summed E-state index contributed by atoms with van der Waals surface area (Å²) in [6.45, 7) is 0.984. The average molecular weight is 498 g/mol. The first-order valence-corrected chi connectivity index (χ1v) is 12.6. The van der Waals surface area contributed by atoms with Gasteiger partial charge < -0.3 is 19.5 Å². The van der Waals surface area contributed by atoms with Crippen LogP contribution in [0, 0.1) is 0 Å². The fourth-order valence-electron chi connectivity index (χ4n) is 5.08. The normalized spacial score (nSPS) is 15.6. The van der Waals surface area contributed by atoms with Crippen LogP contribution in [0.5, 0.6) is 0 Å². The van der Waals surface area contributed by atoms with Crippen LogP contribution in [-0.4, -0.2) is 51.5 Å². The number of nitrogens with zero attached hydrogens (tertiary/aromatic N) is 4. The van der Waals surface area contributed by atoms with Crippen LogP contribution < -0.4 is 5.32 Å². The van der Waals surface area contributed by atoms with Gasteiger partial charge in [0.25, 0.3) is 5.91 Å². The van der Waals surface area contributed by atoms with Crippen LogP contribution in [0.25, 0.3) is 22.4 Å². The summed E-state index contributed by atoms with van der Waals surface area (Å²) in [6.07, 6.45) is 6.70. The van der Waals surface area contributed by atoms with Gasteiger partial charge in [-0.3, -0.25) is 14.6 Å². The van der Waals surface area contributed by atoms with Crippen molar-refractivity contribution in [2.24, 2.45) is 7.05 Å². The van der Waals surface area contributed by atoms with Crippen LogP contribution in [0.1, 0.15) is 47.6 Å². The van der Waals surface area contributed by atoms with Gasteiger partial charge in [-0.2, -0.15) is 0 Å². The van der Waals surface area contributed by atoms with E-state index in [1.165, 1.54) is 0 Å². The number of fused-ring (bicyclic) bond motifs is 1. The molecule has 8 nitrogen and oxygen atoms in total. The monoisotopic (exact) mass is 497 g/mol. The van der Waals surface area contributed by atoms with Crippen LogP contribution >= 0.6 is 0 Å². The molecule has 0 unspecified atom stereocenters. The maximum absolute atomic E-state index is 13.9. The first-order valence-electron chi connectivity index (χ1n) is 12.6. The summed E-state index contributed by atoms with van der Waals surface area (Å²) in [6, 6.07) is 17.4. The zero-order chi connectivity index (χ0) is 25.8. The van der Waals surface area contributed by atoms with E-state index in [-0.39, 0.29) is 24.3 Å². The lowest BCUT2D eigenvalue weighted by Gasteiger charge is -2.36. The Kier molecular flexibility index (Phi) is 7.28. The third-order valence-corrected chi connectivity index (χ3v) is 6.89. The molecule has 0 bridgehead atoms. The minimum absolute atomic E-state index is 0.0333. The molecule has 1 aliphatic heterocycles. The molecule has 0 spiro atoms. The first-order chi connectivity index (χ1) is 18.1. The maximum atomic E-state index is 13.9. The molecule has 5 rings (SSSR count). The van der Waals surface area contributed by atoms with Crippen molar-refractivity contribution in [3.63, 3.8) is 0 Å². The van der Waals surface area contributed by atoms with Crippen LogP contribution in [0.3, 0.4) is 0 Å². The van der Waals surface area contributed by atoms with Gasteiger partial charge in [-0.15, -0.1) is 0 Å². The Morgan fingerprint density at radius 2 is 1.95 bits per heavy atom. The number of carbonyl (C=O) groups is 2. The highest BCUT2D eigenvalue weighted by Crippen LogP contribution is 2.34. The number of imidazole rings is 1. The largest absolute Gasteiger partial charge is 0.384 e. The number of anilines is 1. The number of ether oxygens (including phenoxy) is 1. The number of rotatable bonds is 7. The van der Waals surface area contributed by atoms with Gasteiger partial charge >= 0.3 is 0 Å². The molecule has 0 saturated carbocycles. The summed E-state index contributed by atoms with van der Waals surface area (Å²) < 4.78 is 7.04. The molecule has 4 aromatic rings. The highest BCUT2D eigenvalue weighted by Gasteiger charge is 2.30. The number of methoxy groups -OCH3 is 1. The molecule has 0 aliphatic carbocycles.